The van der Waals surface area contributed by atoms with Crippen LogP contribution in [0.4, 0.5) is 4.79 Å². The van der Waals surface area contributed by atoms with E-state index in [1.807, 2.05) is 6.92 Å². The molecule has 21 heavy (non-hydrogen) atoms. The van der Waals surface area contributed by atoms with Gasteiger partial charge in [0.25, 0.3) is 10.0 Å². The van der Waals surface area contributed by atoms with Crippen molar-refractivity contribution in [2.24, 2.45) is 5.73 Å². The molecule has 116 valence electrons. The first-order valence-electron chi connectivity index (χ1n) is 6.88. The molecule has 2 rings (SSSR count). The second-order valence-electron chi connectivity index (χ2n) is 5.32. The molecule has 2 N–H and O–H groups in total. The lowest BCUT2D eigenvalue weighted by molar-refractivity contribution is 0.212. The molecule has 0 saturated heterocycles. The Hall–Kier alpha value is -0.830. The van der Waals surface area contributed by atoms with E-state index in [-0.39, 0.29) is 14.9 Å². The first kappa shape index (κ1) is 16.5. The molecule has 1 fully saturated rings. The van der Waals surface area contributed by atoms with E-state index in [4.69, 9.17) is 5.73 Å². The normalized spacial score (nSPS) is 22.8. The Balaban J connectivity index is 2.41. The van der Waals surface area contributed by atoms with Gasteiger partial charge in [0.05, 0.1) is 10.9 Å². The van der Waals surface area contributed by atoms with Crippen LogP contribution in [0.3, 0.4) is 0 Å². The van der Waals surface area contributed by atoms with Crippen molar-refractivity contribution in [3.8, 4) is 0 Å². The number of hydrogen-bond acceptors (Lipinski definition) is 3. The third kappa shape index (κ3) is 3.50. The van der Waals surface area contributed by atoms with Crippen molar-refractivity contribution < 1.29 is 13.2 Å². The van der Waals surface area contributed by atoms with E-state index in [0.29, 0.717) is 6.42 Å². The Kier molecular flexibility index (Phi) is 5.13. The average Bonchev–Trinajstić information content (AvgIpc) is 2.41. The highest BCUT2D eigenvalue weighted by atomic mass is 127. The van der Waals surface area contributed by atoms with Gasteiger partial charge in [0.1, 0.15) is 0 Å². The Labute approximate surface area is 139 Å². The summed E-state index contributed by atoms with van der Waals surface area (Å²) in [5.74, 6) is 0. The smallest absolute Gasteiger partial charge is 0.329 e. The molecule has 1 aromatic carbocycles. The number of hydrogen-bond donors (Lipinski definition) is 1. The minimum Gasteiger partial charge on any atom is -0.351 e. The van der Waals surface area contributed by atoms with Gasteiger partial charge >= 0.3 is 6.03 Å². The number of urea groups is 1. The van der Waals surface area contributed by atoms with E-state index in [0.717, 1.165) is 29.1 Å². The zero-order valence-electron chi connectivity index (χ0n) is 11.8. The number of rotatable bonds is 3. The first-order chi connectivity index (χ1) is 9.84. The van der Waals surface area contributed by atoms with E-state index >= 15 is 0 Å². The maximum atomic E-state index is 12.8. The molecule has 1 aliphatic rings. The molecule has 7 heteroatoms. The van der Waals surface area contributed by atoms with Crippen LogP contribution in [-0.2, 0) is 10.0 Å². The fraction of sp³-hybridized carbons (Fsp3) is 0.500. The second-order valence-corrected chi connectivity index (χ2v) is 8.73. The molecule has 5 nitrogen and oxygen atoms in total. The van der Waals surface area contributed by atoms with Gasteiger partial charge in [-0.1, -0.05) is 53.1 Å². The van der Waals surface area contributed by atoms with E-state index in [1.165, 1.54) is 12.1 Å². The lowest BCUT2D eigenvalue weighted by Gasteiger charge is -2.35. The number of amides is 2. The quantitative estimate of drug-likeness (QED) is 0.601. The number of alkyl halides is 1. The average molecular weight is 422 g/mol. The summed E-state index contributed by atoms with van der Waals surface area (Å²) in [7, 11) is -3.90. The number of primary amides is 1. The number of nitrogens with two attached hydrogens (primary N) is 1. The molecule has 2 atom stereocenters. The molecule has 0 bridgehead atoms. The number of carbonyl (C=O) groups is 1. The minimum atomic E-state index is -3.90. The van der Waals surface area contributed by atoms with Crippen molar-refractivity contribution in [2.75, 3.05) is 0 Å². The van der Waals surface area contributed by atoms with Gasteiger partial charge in [-0.3, -0.25) is 0 Å². The number of aryl methyl sites for hydroxylation is 1. The Morgan fingerprint density at radius 1 is 1.24 bits per heavy atom. The van der Waals surface area contributed by atoms with Crippen LogP contribution in [0.2, 0.25) is 0 Å². The van der Waals surface area contributed by atoms with E-state index in [9.17, 15) is 13.2 Å². The van der Waals surface area contributed by atoms with E-state index in [2.05, 4.69) is 22.6 Å². The fourth-order valence-electron chi connectivity index (χ4n) is 2.61. The summed E-state index contributed by atoms with van der Waals surface area (Å²) in [5.41, 5.74) is 6.35. The van der Waals surface area contributed by atoms with Crippen LogP contribution < -0.4 is 5.73 Å². The maximum Gasteiger partial charge on any atom is 0.329 e. The SMILES string of the molecule is Cc1ccc(S(=O)(=O)N(C(N)=O)C2CCCCC2I)cc1. The zero-order valence-corrected chi connectivity index (χ0v) is 14.8. The van der Waals surface area contributed by atoms with Crippen LogP contribution in [0.25, 0.3) is 0 Å². The largest absolute Gasteiger partial charge is 0.351 e. The van der Waals surface area contributed by atoms with Crippen molar-refractivity contribution in [3.63, 3.8) is 0 Å². The van der Waals surface area contributed by atoms with Gasteiger partial charge in [0, 0.05) is 3.92 Å². The monoisotopic (exact) mass is 422 g/mol. The summed E-state index contributed by atoms with van der Waals surface area (Å²) in [6.45, 7) is 1.88. The molecule has 0 aromatic heterocycles. The van der Waals surface area contributed by atoms with Gasteiger partial charge in [-0.05, 0) is 31.9 Å². The highest BCUT2D eigenvalue weighted by Gasteiger charge is 2.38. The maximum absolute atomic E-state index is 12.8. The van der Waals surface area contributed by atoms with Crippen molar-refractivity contribution in [1.29, 1.82) is 0 Å². The Morgan fingerprint density at radius 2 is 1.81 bits per heavy atom. The third-order valence-electron chi connectivity index (χ3n) is 3.74. The number of sulfonamides is 1. The Bertz CT molecular complexity index is 616. The standard InChI is InChI=1S/C14H19IN2O3S/c1-10-6-8-11(9-7-10)21(19,20)17(14(16)18)13-5-3-2-4-12(13)15/h6-9,12-13H,2-5H2,1H3,(H2,16,18). The van der Waals surface area contributed by atoms with Crippen LogP contribution >= 0.6 is 22.6 Å². The van der Waals surface area contributed by atoms with Gasteiger partial charge in [-0.25, -0.2) is 17.5 Å². The van der Waals surface area contributed by atoms with Gasteiger partial charge in [0.15, 0.2) is 0 Å². The van der Waals surface area contributed by atoms with E-state index in [1.54, 1.807) is 12.1 Å². The van der Waals surface area contributed by atoms with Gasteiger partial charge in [-0.2, -0.15) is 0 Å². The Morgan fingerprint density at radius 3 is 2.33 bits per heavy atom. The second kappa shape index (κ2) is 6.51. The summed E-state index contributed by atoms with van der Waals surface area (Å²) in [4.78, 5) is 11.9. The predicted molar refractivity (Wildman–Crippen MR) is 89.9 cm³/mol. The highest BCUT2D eigenvalue weighted by molar-refractivity contribution is 14.1. The molecule has 1 aliphatic carbocycles. The van der Waals surface area contributed by atoms with E-state index < -0.39 is 16.1 Å². The van der Waals surface area contributed by atoms with Crippen molar-refractivity contribution in [3.05, 3.63) is 29.8 Å². The summed E-state index contributed by atoms with van der Waals surface area (Å²) in [6.07, 6.45) is 3.54. The molecular formula is C14H19IN2O3S. The van der Waals surface area contributed by atoms with Crippen molar-refractivity contribution >= 4 is 38.6 Å². The van der Waals surface area contributed by atoms with Gasteiger partial charge < -0.3 is 5.73 Å². The predicted octanol–water partition coefficient (Wildman–Crippen LogP) is 2.81. The number of carbonyl (C=O) groups excluding carboxylic acids is 1. The van der Waals surface area contributed by atoms with Crippen LogP contribution in [0.1, 0.15) is 31.2 Å². The van der Waals surface area contributed by atoms with Crippen LogP contribution in [0.15, 0.2) is 29.2 Å². The summed E-state index contributed by atoms with van der Waals surface area (Å²) < 4.78 is 26.5. The summed E-state index contributed by atoms with van der Waals surface area (Å²) in [6, 6.07) is 5.22. The highest BCUT2D eigenvalue weighted by Crippen LogP contribution is 2.32. The molecule has 0 radical (unpaired) electrons. The molecule has 0 spiro atoms. The summed E-state index contributed by atoms with van der Waals surface area (Å²) in [5, 5.41) is 0. The molecule has 2 unspecified atom stereocenters. The molecular weight excluding hydrogens is 403 g/mol. The van der Waals surface area contributed by atoms with Crippen LogP contribution in [0, 0.1) is 6.92 Å². The van der Waals surface area contributed by atoms with Gasteiger partial charge in [-0.15, -0.1) is 0 Å². The third-order valence-corrected chi connectivity index (χ3v) is 7.03. The van der Waals surface area contributed by atoms with Crippen molar-refractivity contribution in [1.82, 2.24) is 4.31 Å². The molecule has 1 saturated carbocycles. The summed E-state index contributed by atoms with van der Waals surface area (Å²) >= 11 is 2.22. The molecule has 1 aromatic rings. The number of nitrogens with zero attached hydrogens (tertiary/aromatic N) is 1. The zero-order chi connectivity index (χ0) is 15.6. The first-order valence-corrected chi connectivity index (χ1v) is 9.57. The molecule has 0 heterocycles. The number of benzene rings is 1. The van der Waals surface area contributed by atoms with Crippen LogP contribution in [-0.4, -0.2) is 28.7 Å². The van der Waals surface area contributed by atoms with Gasteiger partial charge in [0.2, 0.25) is 0 Å². The van der Waals surface area contributed by atoms with Crippen molar-refractivity contribution in [2.45, 2.75) is 47.5 Å². The lowest BCUT2D eigenvalue weighted by Crippen LogP contribution is -2.51. The number of halogens is 1. The van der Waals surface area contributed by atoms with Crippen LogP contribution in [0.5, 0.6) is 0 Å². The minimum absolute atomic E-state index is 0.101. The topological polar surface area (TPSA) is 80.5 Å². The lowest BCUT2D eigenvalue weighted by atomic mass is 9.95. The molecule has 2 amide bonds. The molecule has 0 aliphatic heterocycles. The fourth-order valence-corrected chi connectivity index (χ4v) is 5.51.